The van der Waals surface area contributed by atoms with Gasteiger partial charge in [-0.05, 0) is 36.6 Å². The molecule has 0 amide bonds. The molecular weight excluding hydrogens is 251 g/mol. The first-order valence-electron chi connectivity index (χ1n) is 6.40. The molecular formula is C13H21FO3Si. The van der Waals surface area contributed by atoms with Crippen LogP contribution in [0.25, 0.3) is 0 Å². The molecule has 3 nitrogen and oxygen atoms in total. The third-order valence-corrected chi connectivity index (χ3v) is 4.09. The minimum absolute atomic E-state index is 0.168. The summed E-state index contributed by atoms with van der Waals surface area (Å²) in [6, 6.07) is 7.71. The molecule has 1 aromatic rings. The van der Waals surface area contributed by atoms with Gasteiger partial charge in [-0.1, -0.05) is 31.4 Å². The van der Waals surface area contributed by atoms with Gasteiger partial charge < -0.3 is 14.6 Å². The molecule has 0 radical (unpaired) electrons. The Balaban J connectivity index is 1.96. The predicted octanol–water partition coefficient (Wildman–Crippen LogP) is 1.72. The van der Waals surface area contributed by atoms with E-state index in [0.29, 0.717) is 0 Å². The first-order chi connectivity index (χ1) is 8.68. The number of halogens is 1. The molecule has 0 aliphatic rings. The van der Waals surface area contributed by atoms with E-state index in [4.69, 9.17) is 14.6 Å². The predicted molar refractivity (Wildman–Crippen MR) is 71.2 cm³/mol. The monoisotopic (exact) mass is 272 g/mol. The fourth-order valence-corrected chi connectivity index (χ4v) is 2.78. The fraction of sp³-hybridized carbons (Fsp3) is 0.538. The van der Waals surface area contributed by atoms with Crippen molar-refractivity contribution in [3.8, 4) is 0 Å². The molecule has 0 aliphatic heterocycles. The van der Waals surface area contributed by atoms with E-state index >= 15 is 0 Å². The number of aliphatic hydroxyl groups excluding tert-OH is 1. The smallest absolute Gasteiger partial charge is 0.256 e. The highest BCUT2D eigenvalue weighted by Crippen LogP contribution is 2.10. The molecule has 0 fully saturated rings. The molecule has 0 aliphatic carbocycles. The van der Waals surface area contributed by atoms with Crippen LogP contribution in [0.5, 0.6) is 0 Å². The maximum Gasteiger partial charge on any atom is 0.256 e. The number of rotatable bonds is 9. The summed E-state index contributed by atoms with van der Waals surface area (Å²) in [4.78, 5) is 0. The van der Waals surface area contributed by atoms with Crippen molar-refractivity contribution >= 4 is 9.76 Å². The topological polar surface area (TPSA) is 49.7 Å². The number of aryl methyl sites for hydroxylation is 1. The molecule has 0 saturated carbocycles. The van der Waals surface area contributed by atoms with E-state index in [0.717, 1.165) is 43.7 Å². The summed E-state index contributed by atoms with van der Waals surface area (Å²) in [6.45, 7) is -1.59. The summed E-state index contributed by atoms with van der Waals surface area (Å²) in [5.41, 5.74) is 1.05. The number of unbranched alkanes of at least 4 members (excludes halogenated alkanes) is 3. The van der Waals surface area contributed by atoms with Crippen molar-refractivity contribution in [2.45, 2.75) is 44.6 Å². The quantitative estimate of drug-likeness (QED) is 0.409. The Morgan fingerprint density at radius 2 is 1.94 bits per heavy atom. The van der Waals surface area contributed by atoms with Crippen LogP contribution < -0.4 is 0 Å². The van der Waals surface area contributed by atoms with Gasteiger partial charge in [-0.3, -0.25) is 0 Å². The van der Waals surface area contributed by atoms with Crippen LogP contribution in [0.4, 0.5) is 4.39 Å². The van der Waals surface area contributed by atoms with Gasteiger partial charge in [0, 0.05) is 0 Å². The number of hydrogen-bond acceptors (Lipinski definition) is 3. The Bertz CT molecular complexity index is 334. The third-order valence-electron chi connectivity index (χ3n) is 2.77. The van der Waals surface area contributed by atoms with Gasteiger partial charge in [0.15, 0.2) is 9.76 Å². The number of hydrogen-bond donors (Lipinski definition) is 2. The van der Waals surface area contributed by atoms with E-state index in [2.05, 4.69) is 0 Å². The molecule has 0 aromatic heterocycles. The highest BCUT2D eigenvalue weighted by Gasteiger charge is 1.98. The minimum atomic E-state index is -1.59. The van der Waals surface area contributed by atoms with Gasteiger partial charge >= 0.3 is 0 Å². The molecule has 1 rings (SSSR count). The first kappa shape index (κ1) is 15.3. The van der Waals surface area contributed by atoms with Crippen LogP contribution in [0.3, 0.4) is 0 Å². The van der Waals surface area contributed by atoms with Crippen molar-refractivity contribution in [3.63, 3.8) is 0 Å². The normalized spacial score (nSPS) is 11.8. The van der Waals surface area contributed by atoms with Gasteiger partial charge in [0.2, 0.25) is 0 Å². The molecule has 102 valence electrons. The lowest BCUT2D eigenvalue weighted by atomic mass is 10.1. The fourth-order valence-electron chi connectivity index (χ4n) is 1.84. The van der Waals surface area contributed by atoms with Crippen LogP contribution in [0, 0.1) is 5.82 Å². The van der Waals surface area contributed by atoms with Gasteiger partial charge in [0.1, 0.15) is 5.82 Å². The highest BCUT2D eigenvalue weighted by atomic mass is 28.2. The average Bonchev–Trinajstić information content (AvgIpc) is 2.32. The second kappa shape index (κ2) is 9.21. The van der Waals surface area contributed by atoms with Crippen LogP contribution in [0.1, 0.15) is 31.2 Å². The maximum atomic E-state index is 12.9. The molecule has 5 heteroatoms. The van der Waals surface area contributed by atoms with Crippen LogP contribution >= 0.6 is 0 Å². The average molecular weight is 272 g/mol. The molecule has 2 N–H and O–H groups in total. The summed E-state index contributed by atoms with van der Waals surface area (Å²) >= 11 is 0. The number of aliphatic hydroxyl groups is 2. The van der Waals surface area contributed by atoms with Crippen molar-refractivity contribution in [1.82, 2.24) is 0 Å². The van der Waals surface area contributed by atoms with E-state index < -0.39 is 16.2 Å². The van der Waals surface area contributed by atoms with Crippen LogP contribution in [0.15, 0.2) is 24.3 Å². The van der Waals surface area contributed by atoms with Gasteiger partial charge in [-0.15, -0.1) is 0 Å². The van der Waals surface area contributed by atoms with E-state index in [1.165, 1.54) is 6.07 Å². The van der Waals surface area contributed by atoms with Crippen LogP contribution in [0.2, 0.25) is 6.04 Å². The number of benzene rings is 1. The SMILES string of the molecule is OC(O)O[SiH2]CCCCCCc1cccc(F)c1. The zero-order chi connectivity index (χ0) is 13.2. The van der Waals surface area contributed by atoms with Gasteiger partial charge in [0.05, 0.1) is 0 Å². The lowest BCUT2D eigenvalue weighted by Gasteiger charge is -2.05. The highest BCUT2D eigenvalue weighted by molar-refractivity contribution is 6.26. The van der Waals surface area contributed by atoms with E-state index in [9.17, 15) is 4.39 Å². The summed E-state index contributed by atoms with van der Waals surface area (Å²) < 4.78 is 17.6. The molecule has 0 bridgehead atoms. The maximum absolute atomic E-state index is 12.9. The lowest BCUT2D eigenvalue weighted by Crippen LogP contribution is -2.12. The largest absolute Gasteiger partial charge is 0.379 e. The minimum Gasteiger partial charge on any atom is -0.379 e. The van der Waals surface area contributed by atoms with Crippen molar-refractivity contribution in [3.05, 3.63) is 35.6 Å². The Morgan fingerprint density at radius 1 is 1.17 bits per heavy atom. The van der Waals surface area contributed by atoms with E-state index in [1.54, 1.807) is 12.1 Å². The molecule has 18 heavy (non-hydrogen) atoms. The van der Waals surface area contributed by atoms with Gasteiger partial charge in [-0.2, -0.15) is 0 Å². The Labute approximate surface area is 110 Å². The molecule has 0 atom stereocenters. The Morgan fingerprint density at radius 3 is 2.67 bits per heavy atom. The zero-order valence-corrected chi connectivity index (χ0v) is 11.9. The molecule has 0 spiro atoms. The van der Waals surface area contributed by atoms with Crippen molar-refractivity contribution in [2.24, 2.45) is 0 Å². The van der Waals surface area contributed by atoms with Crippen molar-refractivity contribution < 1.29 is 19.0 Å². The van der Waals surface area contributed by atoms with E-state index in [-0.39, 0.29) is 5.82 Å². The van der Waals surface area contributed by atoms with Crippen molar-refractivity contribution in [1.29, 1.82) is 0 Å². The summed E-state index contributed by atoms with van der Waals surface area (Å²) in [6.07, 6.45) is 5.29. The molecule has 0 unspecified atom stereocenters. The summed E-state index contributed by atoms with van der Waals surface area (Å²) in [5.74, 6) is -0.168. The third kappa shape index (κ3) is 7.55. The van der Waals surface area contributed by atoms with Gasteiger partial charge in [0.25, 0.3) is 6.48 Å². The van der Waals surface area contributed by atoms with Crippen LogP contribution in [-0.2, 0) is 10.8 Å². The van der Waals surface area contributed by atoms with Gasteiger partial charge in [-0.25, -0.2) is 4.39 Å². The molecule has 0 saturated heterocycles. The lowest BCUT2D eigenvalue weighted by molar-refractivity contribution is -0.180. The van der Waals surface area contributed by atoms with E-state index in [1.807, 2.05) is 6.07 Å². The summed E-state index contributed by atoms with van der Waals surface area (Å²) in [7, 11) is -0.776. The van der Waals surface area contributed by atoms with Crippen molar-refractivity contribution in [2.75, 3.05) is 0 Å². The summed E-state index contributed by atoms with van der Waals surface area (Å²) in [5, 5.41) is 17.0. The Kier molecular flexibility index (Phi) is 7.83. The second-order valence-corrected chi connectivity index (χ2v) is 5.79. The first-order valence-corrected chi connectivity index (χ1v) is 7.98. The molecule has 0 heterocycles. The zero-order valence-electron chi connectivity index (χ0n) is 10.5. The Hall–Kier alpha value is -0.753. The second-order valence-electron chi connectivity index (χ2n) is 4.34. The molecule has 1 aromatic carbocycles. The standard InChI is InChI=1S/C13H21FO3Si/c14-12-8-5-7-11(10-12)6-3-1-2-4-9-18-17-13(15)16/h5,7-8,10,13,15-16H,1-4,6,9,18H2. The van der Waals surface area contributed by atoms with Crippen LogP contribution in [-0.4, -0.2) is 26.5 Å².